The van der Waals surface area contributed by atoms with Crippen LogP contribution in [-0.4, -0.2) is 18.8 Å². The summed E-state index contributed by atoms with van der Waals surface area (Å²) in [5, 5.41) is 0. The minimum Gasteiger partial charge on any atom is -0.469 e. The van der Waals surface area contributed by atoms with E-state index in [9.17, 15) is 4.79 Å². The normalized spacial score (nSPS) is 31.8. The summed E-state index contributed by atoms with van der Waals surface area (Å²) in [5.74, 6) is 1.38. The Hall–Kier alpha value is -0.180. The summed E-state index contributed by atoms with van der Waals surface area (Å²) >= 11 is 4.06. The molecule has 1 aliphatic rings. The molecular formula is C6H10O2S. The van der Waals surface area contributed by atoms with Gasteiger partial charge >= 0.3 is 5.97 Å². The smallest absolute Gasteiger partial charge is 0.308 e. The molecule has 1 saturated carbocycles. The quantitative estimate of drug-likeness (QED) is 0.459. The Morgan fingerprint density at radius 1 is 1.89 bits per heavy atom. The molecule has 2 atom stereocenters. The average molecular weight is 146 g/mol. The lowest BCUT2D eigenvalue weighted by molar-refractivity contribution is -0.142. The van der Waals surface area contributed by atoms with Gasteiger partial charge in [-0.25, -0.2) is 0 Å². The van der Waals surface area contributed by atoms with E-state index in [2.05, 4.69) is 17.4 Å². The van der Waals surface area contributed by atoms with Crippen molar-refractivity contribution in [3.8, 4) is 0 Å². The van der Waals surface area contributed by atoms with Crippen molar-refractivity contribution in [2.45, 2.75) is 6.42 Å². The van der Waals surface area contributed by atoms with E-state index in [1.54, 1.807) is 0 Å². The van der Waals surface area contributed by atoms with Crippen LogP contribution >= 0.6 is 12.6 Å². The van der Waals surface area contributed by atoms with E-state index in [4.69, 9.17) is 0 Å². The van der Waals surface area contributed by atoms with Crippen molar-refractivity contribution in [3.63, 3.8) is 0 Å². The maximum atomic E-state index is 10.7. The molecule has 9 heavy (non-hydrogen) atoms. The fraction of sp³-hybridized carbons (Fsp3) is 0.833. The minimum absolute atomic E-state index is 0.0750. The first-order valence-electron chi connectivity index (χ1n) is 2.98. The van der Waals surface area contributed by atoms with E-state index >= 15 is 0 Å². The number of carbonyl (C=O) groups excluding carboxylic acids is 1. The molecule has 0 aromatic rings. The van der Waals surface area contributed by atoms with Crippen molar-refractivity contribution in [2.24, 2.45) is 11.8 Å². The van der Waals surface area contributed by atoms with Crippen molar-refractivity contribution in [3.05, 3.63) is 0 Å². The van der Waals surface area contributed by atoms with Crippen molar-refractivity contribution in [1.29, 1.82) is 0 Å². The Morgan fingerprint density at radius 2 is 2.56 bits per heavy atom. The summed E-state index contributed by atoms with van der Waals surface area (Å²) in [4.78, 5) is 10.7. The van der Waals surface area contributed by atoms with Crippen LogP contribution in [0.1, 0.15) is 6.42 Å². The van der Waals surface area contributed by atoms with E-state index in [1.165, 1.54) is 7.11 Å². The zero-order chi connectivity index (χ0) is 6.85. The van der Waals surface area contributed by atoms with Crippen LogP contribution in [0.3, 0.4) is 0 Å². The van der Waals surface area contributed by atoms with E-state index in [0.29, 0.717) is 5.92 Å². The number of ether oxygens (including phenoxy) is 1. The molecule has 2 nitrogen and oxygen atoms in total. The third kappa shape index (κ3) is 1.39. The summed E-state index contributed by atoms with van der Waals surface area (Å²) in [7, 11) is 1.43. The summed E-state index contributed by atoms with van der Waals surface area (Å²) in [5.41, 5.74) is 0. The van der Waals surface area contributed by atoms with Gasteiger partial charge in [0, 0.05) is 0 Å². The van der Waals surface area contributed by atoms with Crippen molar-refractivity contribution in [1.82, 2.24) is 0 Å². The standard InChI is InChI=1S/C6H10O2S/c1-8-6(7)5-2-4(5)3-9/h4-5,9H,2-3H2,1H3. The highest BCUT2D eigenvalue weighted by Crippen LogP contribution is 2.39. The summed E-state index contributed by atoms with van der Waals surface area (Å²) in [6, 6.07) is 0. The third-order valence-corrected chi connectivity index (χ3v) is 2.13. The second-order valence-electron chi connectivity index (χ2n) is 2.31. The first-order chi connectivity index (χ1) is 4.29. The van der Waals surface area contributed by atoms with Gasteiger partial charge in [-0.3, -0.25) is 4.79 Å². The van der Waals surface area contributed by atoms with E-state index < -0.39 is 0 Å². The van der Waals surface area contributed by atoms with Gasteiger partial charge in [-0.2, -0.15) is 12.6 Å². The van der Waals surface area contributed by atoms with E-state index in [-0.39, 0.29) is 11.9 Å². The number of methoxy groups -OCH3 is 1. The Balaban J connectivity index is 2.25. The second kappa shape index (κ2) is 2.60. The SMILES string of the molecule is COC(=O)C1CC1CS. The maximum Gasteiger partial charge on any atom is 0.308 e. The fourth-order valence-electron chi connectivity index (χ4n) is 0.889. The van der Waals surface area contributed by atoms with Gasteiger partial charge in [-0.05, 0) is 18.1 Å². The number of esters is 1. The molecule has 0 aromatic heterocycles. The van der Waals surface area contributed by atoms with Crippen LogP contribution in [-0.2, 0) is 9.53 Å². The zero-order valence-electron chi connectivity index (χ0n) is 5.33. The molecule has 0 saturated heterocycles. The molecule has 0 heterocycles. The Bertz CT molecular complexity index is 124. The highest BCUT2D eigenvalue weighted by atomic mass is 32.1. The van der Waals surface area contributed by atoms with E-state index in [0.717, 1.165) is 12.2 Å². The molecule has 1 aliphatic carbocycles. The summed E-state index contributed by atoms with van der Waals surface area (Å²) in [6.45, 7) is 0. The van der Waals surface area contributed by atoms with Gasteiger partial charge in [-0.1, -0.05) is 0 Å². The van der Waals surface area contributed by atoms with Crippen LogP contribution in [0.5, 0.6) is 0 Å². The maximum absolute atomic E-state index is 10.7. The van der Waals surface area contributed by atoms with Gasteiger partial charge in [0.1, 0.15) is 0 Å². The zero-order valence-corrected chi connectivity index (χ0v) is 6.23. The molecule has 52 valence electrons. The molecule has 0 bridgehead atoms. The van der Waals surface area contributed by atoms with Gasteiger partial charge in [0.05, 0.1) is 13.0 Å². The molecular weight excluding hydrogens is 136 g/mol. The van der Waals surface area contributed by atoms with Crippen LogP contribution in [0.25, 0.3) is 0 Å². The molecule has 2 unspecified atom stereocenters. The van der Waals surface area contributed by atoms with Crippen LogP contribution in [0.4, 0.5) is 0 Å². The Morgan fingerprint density at radius 3 is 2.89 bits per heavy atom. The molecule has 0 amide bonds. The average Bonchev–Trinajstić information content (AvgIpc) is 2.64. The monoisotopic (exact) mass is 146 g/mol. The Labute approximate surface area is 60.0 Å². The number of rotatable bonds is 2. The van der Waals surface area contributed by atoms with Crippen LogP contribution < -0.4 is 0 Å². The van der Waals surface area contributed by atoms with Gasteiger partial charge in [-0.15, -0.1) is 0 Å². The van der Waals surface area contributed by atoms with E-state index in [1.807, 2.05) is 0 Å². The molecule has 3 heteroatoms. The number of hydrogen-bond acceptors (Lipinski definition) is 3. The van der Waals surface area contributed by atoms with Gasteiger partial charge in [0.25, 0.3) is 0 Å². The predicted octanol–water partition coefficient (Wildman–Crippen LogP) is 0.725. The largest absolute Gasteiger partial charge is 0.469 e. The van der Waals surface area contributed by atoms with Gasteiger partial charge in [0.2, 0.25) is 0 Å². The van der Waals surface area contributed by atoms with Crippen LogP contribution in [0.15, 0.2) is 0 Å². The van der Waals surface area contributed by atoms with Crippen molar-refractivity contribution >= 4 is 18.6 Å². The lowest BCUT2D eigenvalue weighted by Gasteiger charge is -1.93. The third-order valence-electron chi connectivity index (χ3n) is 1.66. The highest BCUT2D eigenvalue weighted by Gasteiger charge is 2.42. The van der Waals surface area contributed by atoms with Crippen molar-refractivity contribution < 1.29 is 9.53 Å². The number of carbonyl (C=O) groups is 1. The second-order valence-corrected chi connectivity index (χ2v) is 2.67. The number of hydrogen-bond donors (Lipinski definition) is 1. The molecule has 0 aromatic carbocycles. The predicted molar refractivity (Wildman–Crippen MR) is 37.5 cm³/mol. The first-order valence-corrected chi connectivity index (χ1v) is 3.61. The Kier molecular flexibility index (Phi) is 2.01. The summed E-state index contributed by atoms with van der Waals surface area (Å²) in [6.07, 6.45) is 0.968. The van der Waals surface area contributed by atoms with Gasteiger partial charge < -0.3 is 4.74 Å². The van der Waals surface area contributed by atoms with Crippen molar-refractivity contribution in [2.75, 3.05) is 12.9 Å². The molecule has 1 rings (SSSR count). The summed E-state index contributed by atoms with van der Waals surface area (Å²) < 4.78 is 4.53. The van der Waals surface area contributed by atoms with Crippen LogP contribution in [0, 0.1) is 11.8 Å². The lowest BCUT2D eigenvalue weighted by Crippen LogP contribution is -2.04. The minimum atomic E-state index is -0.0750. The molecule has 0 N–H and O–H groups in total. The molecule has 1 fully saturated rings. The van der Waals surface area contributed by atoms with Crippen LogP contribution in [0.2, 0.25) is 0 Å². The van der Waals surface area contributed by atoms with Gasteiger partial charge in [0.15, 0.2) is 0 Å². The number of thiol groups is 1. The molecule has 0 aliphatic heterocycles. The highest BCUT2D eigenvalue weighted by molar-refractivity contribution is 7.80. The fourth-order valence-corrected chi connectivity index (χ4v) is 1.29. The lowest BCUT2D eigenvalue weighted by atomic mass is 10.3. The first kappa shape index (κ1) is 6.93. The molecule has 0 radical (unpaired) electrons. The topological polar surface area (TPSA) is 26.3 Å². The molecule has 0 spiro atoms.